The van der Waals surface area contributed by atoms with Crippen LogP contribution in [0.1, 0.15) is 27.0 Å². The van der Waals surface area contributed by atoms with Crippen LogP contribution in [0.15, 0.2) is 119 Å². The molecule has 0 aliphatic rings. The zero-order valence-electron chi connectivity index (χ0n) is 16.5. The number of ketones is 1. The minimum absolute atomic E-state index is 0.0690. The summed E-state index contributed by atoms with van der Waals surface area (Å²) in [5.74, 6) is 1.86. The second-order valence-electron chi connectivity index (χ2n) is 6.93. The van der Waals surface area contributed by atoms with Crippen LogP contribution in [0.3, 0.4) is 0 Å². The predicted molar refractivity (Wildman–Crippen MR) is 128 cm³/mol. The van der Waals surface area contributed by atoms with E-state index in [2.05, 4.69) is 48.5 Å². The fourth-order valence-corrected chi connectivity index (χ4v) is 4.79. The van der Waals surface area contributed by atoms with Gasteiger partial charge in [-0.15, -0.1) is 23.5 Å². The van der Waals surface area contributed by atoms with E-state index in [-0.39, 0.29) is 5.78 Å². The van der Waals surface area contributed by atoms with Crippen molar-refractivity contribution in [1.29, 1.82) is 0 Å². The van der Waals surface area contributed by atoms with E-state index in [0.29, 0.717) is 0 Å². The number of carbonyl (C=O) groups is 1. The molecule has 0 aliphatic heterocycles. The molecule has 0 fully saturated rings. The number of carbonyl (C=O) groups excluding carboxylic acids is 1. The molecular weight excluding hydrogens is 404 g/mol. The Hall–Kier alpha value is -2.75. The number of thioether (sulfide) groups is 2. The number of rotatable bonds is 8. The van der Waals surface area contributed by atoms with Gasteiger partial charge in [0.25, 0.3) is 0 Å². The van der Waals surface area contributed by atoms with Crippen LogP contribution in [0.25, 0.3) is 0 Å². The van der Waals surface area contributed by atoms with E-state index in [1.54, 1.807) is 23.5 Å². The lowest BCUT2D eigenvalue weighted by Crippen LogP contribution is -2.01. The molecule has 0 N–H and O–H groups in total. The van der Waals surface area contributed by atoms with Crippen LogP contribution in [0, 0.1) is 0 Å². The molecule has 1 nitrogen and oxygen atoms in total. The molecule has 0 heterocycles. The van der Waals surface area contributed by atoms with Crippen LogP contribution in [-0.2, 0) is 11.5 Å². The van der Waals surface area contributed by atoms with Gasteiger partial charge in [-0.2, -0.15) is 0 Å². The van der Waals surface area contributed by atoms with Crippen LogP contribution in [-0.4, -0.2) is 5.78 Å². The highest BCUT2D eigenvalue weighted by Crippen LogP contribution is 2.24. The van der Waals surface area contributed by atoms with Gasteiger partial charge in [0.1, 0.15) is 0 Å². The van der Waals surface area contributed by atoms with Crippen LogP contribution >= 0.6 is 23.5 Å². The average Bonchev–Trinajstić information content (AvgIpc) is 2.83. The van der Waals surface area contributed by atoms with Crippen LogP contribution in [0.4, 0.5) is 0 Å². The van der Waals surface area contributed by atoms with E-state index < -0.39 is 0 Å². The standard InChI is InChI=1S/C27H22OS2/c28-27(23-15-11-21(12-16-23)19-29-25-7-3-1-4-8-25)24-17-13-22(14-18-24)20-30-26-9-5-2-6-10-26/h1-18H,19-20H2. The van der Waals surface area contributed by atoms with E-state index in [1.165, 1.54) is 20.9 Å². The smallest absolute Gasteiger partial charge is 0.193 e. The van der Waals surface area contributed by atoms with Crippen molar-refractivity contribution in [3.63, 3.8) is 0 Å². The van der Waals surface area contributed by atoms with Gasteiger partial charge in [-0.1, -0.05) is 84.9 Å². The molecule has 0 aliphatic carbocycles. The second kappa shape index (κ2) is 10.3. The molecule has 148 valence electrons. The van der Waals surface area contributed by atoms with Crippen molar-refractivity contribution < 1.29 is 4.79 Å². The predicted octanol–water partition coefficient (Wildman–Crippen LogP) is 7.50. The Morgan fingerprint density at radius 2 is 0.867 bits per heavy atom. The summed E-state index contributed by atoms with van der Waals surface area (Å²) >= 11 is 3.60. The van der Waals surface area contributed by atoms with E-state index in [1.807, 2.05) is 60.7 Å². The van der Waals surface area contributed by atoms with E-state index >= 15 is 0 Å². The highest BCUT2D eigenvalue weighted by atomic mass is 32.2. The molecule has 3 heteroatoms. The molecule has 4 aromatic carbocycles. The first-order chi connectivity index (χ1) is 14.8. The fraction of sp³-hybridized carbons (Fsp3) is 0.0741. The van der Waals surface area contributed by atoms with Crippen molar-refractivity contribution in [2.24, 2.45) is 0 Å². The lowest BCUT2D eigenvalue weighted by molar-refractivity contribution is 0.103. The van der Waals surface area contributed by atoms with Crippen LogP contribution in [0.5, 0.6) is 0 Å². The van der Waals surface area contributed by atoms with Crippen molar-refractivity contribution in [3.8, 4) is 0 Å². The maximum absolute atomic E-state index is 12.8. The summed E-state index contributed by atoms with van der Waals surface area (Å²) in [5.41, 5.74) is 3.90. The summed E-state index contributed by atoms with van der Waals surface area (Å²) in [5, 5.41) is 0. The summed E-state index contributed by atoms with van der Waals surface area (Å²) in [6.07, 6.45) is 0. The topological polar surface area (TPSA) is 17.1 Å². The van der Waals surface area contributed by atoms with Gasteiger partial charge in [-0.05, 0) is 35.4 Å². The molecular formula is C27H22OS2. The maximum Gasteiger partial charge on any atom is 0.193 e. The highest BCUT2D eigenvalue weighted by molar-refractivity contribution is 7.98. The Balaban J connectivity index is 1.34. The summed E-state index contributed by atoms with van der Waals surface area (Å²) < 4.78 is 0. The molecule has 4 rings (SSSR count). The number of hydrogen-bond acceptors (Lipinski definition) is 3. The third-order valence-corrected chi connectivity index (χ3v) is 6.90. The van der Waals surface area contributed by atoms with E-state index in [4.69, 9.17) is 0 Å². The summed E-state index contributed by atoms with van der Waals surface area (Å²) in [4.78, 5) is 15.3. The minimum atomic E-state index is 0.0690. The second-order valence-corrected chi connectivity index (χ2v) is 9.02. The molecule has 0 unspecified atom stereocenters. The molecule has 0 bridgehead atoms. The normalized spacial score (nSPS) is 10.7. The van der Waals surface area contributed by atoms with Gasteiger partial charge in [0.15, 0.2) is 5.78 Å². The van der Waals surface area contributed by atoms with Crippen molar-refractivity contribution in [3.05, 3.63) is 131 Å². The molecule has 0 radical (unpaired) electrons. The third-order valence-electron chi connectivity index (χ3n) is 4.73. The third kappa shape index (κ3) is 5.65. The Morgan fingerprint density at radius 1 is 0.500 bits per heavy atom. The monoisotopic (exact) mass is 426 g/mol. The van der Waals surface area contributed by atoms with Gasteiger partial charge < -0.3 is 0 Å². The van der Waals surface area contributed by atoms with Gasteiger partial charge in [0, 0.05) is 32.4 Å². The van der Waals surface area contributed by atoms with Gasteiger partial charge >= 0.3 is 0 Å². The molecule has 30 heavy (non-hydrogen) atoms. The summed E-state index contributed by atoms with van der Waals surface area (Å²) in [6, 6.07) is 36.7. The first kappa shape index (κ1) is 20.5. The van der Waals surface area contributed by atoms with Crippen molar-refractivity contribution in [2.75, 3.05) is 0 Å². The molecule has 0 aromatic heterocycles. The molecule has 0 atom stereocenters. The molecule has 0 saturated carbocycles. The average molecular weight is 427 g/mol. The first-order valence-electron chi connectivity index (χ1n) is 9.86. The summed E-state index contributed by atoms with van der Waals surface area (Å²) in [6.45, 7) is 0. The lowest BCUT2D eigenvalue weighted by Gasteiger charge is -2.06. The molecule has 0 saturated heterocycles. The maximum atomic E-state index is 12.8. The fourth-order valence-electron chi connectivity index (χ4n) is 3.04. The molecule has 4 aromatic rings. The van der Waals surface area contributed by atoms with Crippen molar-refractivity contribution in [1.82, 2.24) is 0 Å². The van der Waals surface area contributed by atoms with Gasteiger partial charge in [-0.3, -0.25) is 4.79 Å². The van der Waals surface area contributed by atoms with Crippen molar-refractivity contribution >= 4 is 29.3 Å². The Kier molecular flexibility index (Phi) is 7.07. The summed E-state index contributed by atoms with van der Waals surface area (Å²) in [7, 11) is 0. The van der Waals surface area contributed by atoms with Crippen LogP contribution < -0.4 is 0 Å². The van der Waals surface area contributed by atoms with Gasteiger partial charge in [0.05, 0.1) is 0 Å². The highest BCUT2D eigenvalue weighted by Gasteiger charge is 2.09. The SMILES string of the molecule is O=C(c1ccc(CSc2ccccc2)cc1)c1ccc(CSc2ccccc2)cc1. The number of hydrogen-bond donors (Lipinski definition) is 0. The molecule has 0 spiro atoms. The lowest BCUT2D eigenvalue weighted by atomic mass is 10.0. The van der Waals surface area contributed by atoms with Crippen LogP contribution in [0.2, 0.25) is 0 Å². The van der Waals surface area contributed by atoms with Gasteiger partial charge in [-0.25, -0.2) is 0 Å². The van der Waals surface area contributed by atoms with Crippen molar-refractivity contribution in [2.45, 2.75) is 21.3 Å². The number of benzene rings is 4. The van der Waals surface area contributed by atoms with Gasteiger partial charge in [0.2, 0.25) is 0 Å². The first-order valence-corrected chi connectivity index (χ1v) is 11.8. The zero-order chi connectivity index (χ0) is 20.6. The largest absolute Gasteiger partial charge is 0.289 e. The zero-order valence-corrected chi connectivity index (χ0v) is 18.2. The Morgan fingerprint density at radius 3 is 1.23 bits per heavy atom. The van der Waals surface area contributed by atoms with E-state index in [9.17, 15) is 4.79 Å². The van der Waals surface area contributed by atoms with E-state index in [0.717, 1.165) is 22.6 Å². The minimum Gasteiger partial charge on any atom is -0.289 e. The molecule has 0 amide bonds. The quantitative estimate of drug-likeness (QED) is 0.214. The Labute approximate surface area is 186 Å². The Bertz CT molecular complexity index is 984.